The molecule has 1 aromatic carbocycles. The fourth-order valence-corrected chi connectivity index (χ4v) is 2.19. The summed E-state index contributed by atoms with van der Waals surface area (Å²) in [6.45, 7) is 5.13. The molecule has 0 unspecified atom stereocenters. The van der Waals surface area contributed by atoms with Gasteiger partial charge in [0.05, 0.1) is 13.5 Å². The Balaban J connectivity index is 2.49. The maximum absolute atomic E-state index is 12.7. The lowest BCUT2D eigenvalue weighted by Gasteiger charge is -2.06. The minimum absolute atomic E-state index is 0.128. The van der Waals surface area contributed by atoms with Crippen LogP contribution in [0.1, 0.15) is 16.9 Å². The molecule has 0 saturated carbocycles. The molecule has 0 aliphatic rings. The standard InChI is InChI=1S/C16H15F3O2/c1-4-13-14(9-16(17,18)19)10(2)21-15(13)11-5-7-12(20-3)8-6-11/h4-8H,1,9H2,2-3H3. The molecule has 2 nitrogen and oxygen atoms in total. The number of rotatable bonds is 4. The zero-order valence-corrected chi connectivity index (χ0v) is 11.8. The van der Waals surface area contributed by atoms with E-state index >= 15 is 0 Å². The van der Waals surface area contributed by atoms with Gasteiger partial charge < -0.3 is 9.15 Å². The van der Waals surface area contributed by atoms with Gasteiger partial charge >= 0.3 is 6.18 Å². The van der Waals surface area contributed by atoms with Crippen LogP contribution in [-0.4, -0.2) is 13.3 Å². The van der Waals surface area contributed by atoms with Crippen LogP contribution < -0.4 is 4.74 Å². The van der Waals surface area contributed by atoms with Crippen LogP contribution in [0.15, 0.2) is 35.3 Å². The van der Waals surface area contributed by atoms with E-state index in [1.165, 1.54) is 13.0 Å². The molecule has 1 aromatic heterocycles. The van der Waals surface area contributed by atoms with Crippen molar-refractivity contribution in [2.45, 2.75) is 19.5 Å². The number of methoxy groups -OCH3 is 1. The summed E-state index contributed by atoms with van der Waals surface area (Å²) in [4.78, 5) is 0. The maximum Gasteiger partial charge on any atom is 0.393 e. The summed E-state index contributed by atoms with van der Waals surface area (Å²) in [5.41, 5.74) is 1.19. The Bertz CT molecular complexity index is 637. The molecule has 1 heterocycles. The van der Waals surface area contributed by atoms with Crippen LogP contribution >= 0.6 is 0 Å². The van der Waals surface area contributed by atoms with Gasteiger partial charge in [-0.15, -0.1) is 0 Å². The second-order valence-corrected chi connectivity index (χ2v) is 4.60. The number of hydrogen-bond acceptors (Lipinski definition) is 2. The molecule has 0 amide bonds. The second kappa shape index (κ2) is 5.68. The van der Waals surface area contributed by atoms with E-state index in [-0.39, 0.29) is 11.3 Å². The molecule has 2 rings (SSSR count). The monoisotopic (exact) mass is 296 g/mol. The van der Waals surface area contributed by atoms with E-state index in [2.05, 4.69) is 6.58 Å². The van der Waals surface area contributed by atoms with Crippen molar-refractivity contribution in [3.8, 4) is 17.1 Å². The van der Waals surface area contributed by atoms with Crippen molar-refractivity contribution >= 4 is 6.08 Å². The average molecular weight is 296 g/mol. The fourth-order valence-electron chi connectivity index (χ4n) is 2.19. The van der Waals surface area contributed by atoms with Crippen molar-refractivity contribution in [3.05, 3.63) is 47.7 Å². The first-order valence-corrected chi connectivity index (χ1v) is 6.31. The first-order valence-electron chi connectivity index (χ1n) is 6.31. The predicted molar refractivity (Wildman–Crippen MR) is 75.3 cm³/mol. The van der Waals surface area contributed by atoms with Crippen molar-refractivity contribution in [1.82, 2.24) is 0 Å². The van der Waals surface area contributed by atoms with Crippen LogP contribution in [0.25, 0.3) is 17.4 Å². The van der Waals surface area contributed by atoms with Gasteiger partial charge in [0.1, 0.15) is 17.3 Å². The van der Waals surface area contributed by atoms with Gasteiger partial charge in [0.25, 0.3) is 0 Å². The van der Waals surface area contributed by atoms with Crippen molar-refractivity contribution in [2.24, 2.45) is 0 Å². The predicted octanol–water partition coefficient (Wildman–Crippen LogP) is 5.01. The molecule has 0 aliphatic carbocycles. The molecule has 0 N–H and O–H groups in total. The molecule has 112 valence electrons. The largest absolute Gasteiger partial charge is 0.497 e. The van der Waals surface area contributed by atoms with Gasteiger partial charge in [-0.25, -0.2) is 0 Å². The highest BCUT2D eigenvalue weighted by Gasteiger charge is 2.32. The van der Waals surface area contributed by atoms with Gasteiger partial charge in [-0.05, 0) is 31.2 Å². The molecule has 0 atom stereocenters. The highest BCUT2D eigenvalue weighted by Crippen LogP contribution is 2.36. The quantitative estimate of drug-likeness (QED) is 0.791. The summed E-state index contributed by atoms with van der Waals surface area (Å²) in [6.07, 6.45) is -3.92. The first kappa shape index (κ1) is 15.2. The molecule has 5 heteroatoms. The topological polar surface area (TPSA) is 22.4 Å². The molecule has 0 aliphatic heterocycles. The molecule has 21 heavy (non-hydrogen) atoms. The van der Waals surface area contributed by atoms with Crippen molar-refractivity contribution < 1.29 is 22.3 Å². The lowest BCUT2D eigenvalue weighted by molar-refractivity contribution is -0.127. The summed E-state index contributed by atoms with van der Waals surface area (Å²) >= 11 is 0. The maximum atomic E-state index is 12.7. The lowest BCUT2D eigenvalue weighted by atomic mass is 10.0. The van der Waals surface area contributed by atoms with Gasteiger partial charge in [-0.2, -0.15) is 13.2 Å². The number of alkyl halides is 3. The van der Waals surface area contributed by atoms with E-state index in [0.717, 1.165) is 0 Å². The average Bonchev–Trinajstić information content (AvgIpc) is 2.73. The Morgan fingerprint density at radius 3 is 2.33 bits per heavy atom. The van der Waals surface area contributed by atoms with Crippen LogP contribution in [0.5, 0.6) is 5.75 Å². The molecule has 0 bridgehead atoms. The Kier molecular flexibility index (Phi) is 4.11. The van der Waals surface area contributed by atoms with Crippen LogP contribution in [-0.2, 0) is 6.42 Å². The first-order chi connectivity index (χ1) is 9.85. The Morgan fingerprint density at radius 1 is 1.24 bits per heavy atom. The highest BCUT2D eigenvalue weighted by molar-refractivity contribution is 5.73. The minimum atomic E-state index is -4.29. The molecule has 2 aromatic rings. The van der Waals surface area contributed by atoms with E-state index in [4.69, 9.17) is 9.15 Å². The zero-order chi connectivity index (χ0) is 15.6. The molecule has 0 saturated heterocycles. The van der Waals surface area contributed by atoms with E-state index in [0.29, 0.717) is 22.6 Å². The third-order valence-electron chi connectivity index (χ3n) is 3.18. The summed E-state index contributed by atoms with van der Waals surface area (Å²) in [5.74, 6) is 1.31. The van der Waals surface area contributed by atoms with Crippen molar-refractivity contribution in [3.63, 3.8) is 0 Å². The van der Waals surface area contributed by atoms with Crippen molar-refractivity contribution in [1.29, 1.82) is 0 Å². The highest BCUT2D eigenvalue weighted by atomic mass is 19.4. The van der Waals surface area contributed by atoms with Crippen LogP contribution in [0, 0.1) is 6.92 Å². The summed E-state index contributed by atoms with van der Waals surface area (Å²) in [6, 6.07) is 6.93. The number of benzene rings is 1. The normalized spacial score (nSPS) is 11.5. The van der Waals surface area contributed by atoms with Crippen LogP contribution in [0.4, 0.5) is 13.2 Å². The Hall–Kier alpha value is -2.17. The Labute approximate surface area is 120 Å². The van der Waals surface area contributed by atoms with E-state index < -0.39 is 12.6 Å². The third kappa shape index (κ3) is 3.29. The summed E-state index contributed by atoms with van der Waals surface area (Å²) in [7, 11) is 1.54. The van der Waals surface area contributed by atoms with E-state index in [1.54, 1.807) is 31.4 Å². The summed E-state index contributed by atoms with van der Waals surface area (Å²) in [5, 5.41) is 0. The number of hydrogen-bond donors (Lipinski definition) is 0. The smallest absolute Gasteiger partial charge is 0.393 e. The SMILES string of the molecule is C=Cc1c(-c2ccc(OC)cc2)oc(C)c1CC(F)(F)F. The second-order valence-electron chi connectivity index (χ2n) is 4.60. The number of halogens is 3. The van der Waals surface area contributed by atoms with Crippen LogP contribution in [0.3, 0.4) is 0 Å². The lowest BCUT2D eigenvalue weighted by Crippen LogP contribution is -2.12. The van der Waals surface area contributed by atoms with E-state index in [9.17, 15) is 13.2 Å². The van der Waals surface area contributed by atoms with Gasteiger partial charge in [0.2, 0.25) is 0 Å². The minimum Gasteiger partial charge on any atom is -0.497 e. The summed E-state index contributed by atoms with van der Waals surface area (Å²) < 4.78 is 48.6. The van der Waals surface area contributed by atoms with Gasteiger partial charge in [-0.1, -0.05) is 12.7 Å². The van der Waals surface area contributed by atoms with Crippen LogP contribution in [0.2, 0.25) is 0 Å². The molecular formula is C16H15F3O2. The number of furan rings is 1. The number of aryl methyl sites for hydroxylation is 1. The molecule has 0 spiro atoms. The molecular weight excluding hydrogens is 281 g/mol. The number of ether oxygens (including phenoxy) is 1. The fraction of sp³-hybridized carbons (Fsp3) is 0.250. The van der Waals surface area contributed by atoms with Gasteiger partial charge in [0, 0.05) is 16.7 Å². The van der Waals surface area contributed by atoms with Gasteiger partial charge in [0.15, 0.2) is 0 Å². The third-order valence-corrected chi connectivity index (χ3v) is 3.18. The van der Waals surface area contributed by atoms with E-state index in [1.807, 2.05) is 0 Å². The van der Waals surface area contributed by atoms with Gasteiger partial charge in [-0.3, -0.25) is 0 Å². The Morgan fingerprint density at radius 2 is 1.86 bits per heavy atom. The van der Waals surface area contributed by atoms with Crippen molar-refractivity contribution in [2.75, 3.05) is 7.11 Å². The molecule has 0 fully saturated rings. The zero-order valence-electron chi connectivity index (χ0n) is 11.8. The molecule has 0 radical (unpaired) electrons.